The average Bonchev–Trinajstić information content (AvgIpc) is 2.83. The Morgan fingerprint density at radius 2 is 1.69 bits per heavy atom. The van der Waals surface area contributed by atoms with Crippen molar-refractivity contribution in [3.8, 4) is 5.75 Å². The van der Waals surface area contributed by atoms with Gasteiger partial charge in [-0.25, -0.2) is 23.2 Å². The van der Waals surface area contributed by atoms with E-state index in [0.29, 0.717) is 35.7 Å². The Labute approximate surface area is 186 Å². The van der Waals surface area contributed by atoms with E-state index in [2.05, 4.69) is 9.97 Å². The van der Waals surface area contributed by atoms with E-state index in [-0.39, 0.29) is 30.3 Å². The molecule has 10 heteroatoms. The van der Waals surface area contributed by atoms with Gasteiger partial charge in [0.25, 0.3) is 0 Å². The minimum Gasteiger partial charge on any atom is -0.497 e. The van der Waals surface area contributed by atoms with Crippen LogP contribution in [0.2, 0.25) is 0 Å². The van der Waals surface area contributed by atoms with Crippen LogP contribution >= 0.6 is 0 Å². The molecule has 9 nitrogen and oxygen atoms in total. The Hall–Kier alpha value is -3.24. The summed E-state index contributed by atoms with van der Waals surface area (Å²) >= 11 is 0. The number of nitrogens with zero attached hydrogens (tertiary/aromatic N) is 4. The van der Waals surface area contributed by atoms with Gasteiger partial charge in [-0.05, 0) is 31.2 Å². The molecule has 0 bridgehead atoms. The van der Waals surface area contributed by atoms with E-state index < -0.39 is 16.0 Å². The summed E-state index contributed by atoms with van der Waals surface area (Å²) in [7, 11) is -2.17. The maximum absolute atomic E-state index is 13.1. The highest BCUT2D eigenvalue weighted by molar-refractivity contribution is 7.89. The first-order chi connectivity index (χ1) is 15.4. The zero-order chi connectivity index (χ0) is 22.7. The molecule has 0 saturated carbocycles. The Morgan fingerprint density at radius 1 is 1.00 bits per heavy atom. The van der Waals surface area contributed by atoms with E-state index in [1.807, 2.05) is 23.1 Å². The zero-order valence-corrected chi connectivity index (χ0v) is 18.7. The lowest BCUT2D eigenvalue weighted by molar-refractivity contribution is 0.0520. The smallest absolute Gasteiger partial charge is 0.360 e. The molecule has 168 valence electrons. The van der Waals surface area contributed by atoms with Crippen LogP contribution in [0.5, 0.6) is 5.75 Å². The number of piperazine rings is 1. The Kier molecular flexibility index (Phi) is 6.24. The third kappa shape index (κ3) is 4.23. The number of carbonyl (C=O) groups excluding carboxylic acids is 1. The van der Waals surface area contributed by atoms with Gasteiger partial charge in [-0.2, -0.15) is 4.31 Å². The number of aromatic nitrogens is 2. The van der Waals surface area contributed by atoms with Gasteiger partial charge in [0.2, 0.25) is 10.0 Å². The van der Waals surface area contributed by atoms with Crippen molar-refractivity contribution in [3.63, 3.8) is 0 Å². The first-order valence-corrected chi connectivity index (χ1v) is 11.7. The fourth-order valence-corrected chi connectivity index (χ4v) is 5.06. The SMILES string of the molecule is CCOC(=O)c1nc2ccccc2nc1N1CCN(S(=O)(=O)c2cccc(OC)c2)CC1. The number of fused-ring (bicyclic) bond motifs is 1. The average molecular weight is 457 g/mol. The molecule has 2 heterocycles. The van der Waals surface area contributed by atoms with E-state index in [9.17, 15) is 13.2 Å². The highest BCUT2D eigenvalue weighted by Crippen LogP contribution is 2.26. The number of para-hydroxylation sites is 2. The maximum atomic E-state index is 13.1. The lowest BCUT2D eigenvalue weighted by atomic mass is 10.2. The Morgan fingerprint density at radius 3 is 2.34 bits per heavy atom. The second kappa shape index (κ2) is 9.09. The fraction of sp³-hybridized carbons (Fsp3) is 0.318. The minimum atomic E-state index is -3.67. The molecule has 3 aromatic rings. The van der Waals surface area contributed by atoms with Crippen LogP contribution in [0, 0.1) is 0 Å². The van der Waals surface area contributed by atoms with Crippen molar-refractivity contribution < 1.29 is 22.7 Å². The van der Waals surface area contributed by atoms with Crippen LogP contribution in [0.4, 0.5) is 5.82 Å². The molecule has 1 fully saturated rings. The third-order valence-corrected chi connectivity index (χ3v) is 7.13. The fourth-order valence-electron chi connectivity index (χ4n) is 3.60. The van der Waals surface area contributed by atoms with Crippen LogP contribution in [-0.2, 0) is 14.8 Å². The Bertz CT molecular complexity index is 1240. The molecule has 2 aromatic carbocycles. The minimum absolute atomic E-state index is 0.134. The maximum Gasteiger partial charge on any atom is 0.360 e. The van der Waals surface area contributed by atoms with Crippen LogP contribution in [-0.4, -0.2) is 68.6 Å². The van der Waals surface area contributed by atoms with Gasteiger partial charge < -0.3 is 14.4 Å². The van der Waals surface area contributed by atoms with Crippen molar-refractivity contribution >= 4 is 32.8 Å². The highest BCUT2D eigenvalue weighted by Gasteiger charge is 2.31. The van der Waals surface area contributed by atoms with Gasteiger partial charge in [0.15, 0.2) is 11.5 Å². The van der Waals surface area contributed by atoms with E-state index in [1.54, 1.807) is 31.2 Å². The van der Waals surface area contributed by atoms with Crippen LogP contribution < -0.4 is 9.64 Å². The molecule has 0 amide bonds. The van der Waals surface area contributed by atoms with Crippen molar-refractivity contribution in [1.82, 2.24) is 14.3 Å². The summed E-state index contributed by atoms with van der Waals surface area (Å²) in [5.41, 5.74) is 1.38. The lowest BCUT2D eigenvalue weighted by Gasteiger charge is -2.35. The first kappa shape index (κ1) is 22.0. The van der Waals surface area contributed by atoms with E-state index in [0.717, 1.165) is 0 Å². The number of ether oxygens (including phenoxy) is 2. The molecule has 32 heavy (non-hydrogen) atoms. The molecule has 0 atom stereocenters. The van der Waals surface area contributed by atoms with Crippen LogP contribution in [0.15, 0.2) is 53.4 Å². The van der Waals surface area contributed by atoms with Gasteiger partial charge in [-0.15, -0.1) is 0 Å². The number of anilines is 1. The molecular weight excluding hydrogens is 432 g/mol. The van der Waals surface area contributed by atoms with Gasteiger partial charge in [0.05, 0.1) is 29.6 Å². The molecule has 0 radical (unpaired) electrons. The number of rotatable bonds is 6. The highest BCUT2D eigenvalue weighted by atomic mass is 32.2. The summed E-state index contributed by atoms with van der Waals surface area (Å²) < 4.78 is 37.9. The van der Waals surface area contributed by atoms with Crippen molar-refractivity contribution in [2.24, 2.45) is 0 Å². The molecule has 1 aliphatic rings. The zero-order valence-electron chi connectivity index (χ0n) is 17.9. The lowest BCUT2D eigenvalue weighted by Crippen LogP contribution is -2.49. The van der Waals surface area contributed by atoms with Crippen LogP contribution in [0.3, 0.4) is 0 Å². The van der Waals surface area contributed by atoms with Crippen molar-refractivity contribution in [3.05, 3.63) is 54.2 Å². The van der Waals surface area contributed by atoms with E-state index in [1.165, 1.54) is 17.5 Å². The first-order valence-electron chi connectivity index (χ1n) is 10.3. The monoisotopic (exact) mass is 456 g/mol. The van der Waals surface area contributed by atoms with Gasteiger partial charge >= 0.3 is 5.97 Å². The largest absolute Gasteiger partial charge is 0.497 e. The second-order valence-corrected chi connectivity index (χ2v) is 9.11. The summed E-state index contributed by atoms with van der Waals surface area (Å²) in [5.74, 6) is 0.336. The van der Waals surface area contributed by atoms with Gasteiger partial charge in [-0.1, -0.05) is 18.2 Å². The summed E-state index contributed by atoms with van der Waals surface area (Å²) in [5, 5.41) is 0. The molecule has 0 N–H and O–H groups in total. The number of hydrogen-bond acceptors (Lipinski definition) is 8. The van der Waals surface area contributed by atoms with Crippen molar-refractivity contribution in [1.29, 1.82) is 0 Å². The topological polar surface area (TPSA) is 102 Å². The molecule has 0 unspecified atom stereocenters. The van der Waals surface area contributed by atoms with E-state index >= 15 is 0 Å². The predicted molar refractivity (Wildman–Crippen MR) is 119 cm³/mol. The molecule has 4 rings (SSSR count). The predicted octanol–water partition coefficient (Wildman–Crippen LogP) is 2.33. The molecule has 0 spiro atoms. The molecule has 1 saturated heterocycles. The third-order valence-electron chi connectivity index (χ3n) is 5.24. The summed E-state index contributed by atoms with van der Waals surface area (Å²) in [4.78, 5) is 23.7. The Balaban J connectivity index is 1.60. The number of hydrogen-bond donors (Lipinski definition) is 0. The number of methoxy groups -OCH3 is 1. The molecular formula is C22H24N4O5S. The normalized spacial score (nSPS) is 15.0. The molecule has 1 aliphatic heterocycles. The number of sulfonamides is 1. The van der Waals surface area contributed by atoms with Crippen molar-refractivity contribution in [2.75, 3.05) is 44.8 Å². The van der Waals surface area contributed by atoms with Crippen LogP contribution in [0.1, 0.15) is 17.4 Å². The number of esters is 1. The summed E-state index contributed by atoms with van der Waals surface area (Å²) in [6.07, 6.45) is 0. The molecule has 1 aromatic heterocycles. The van der Waals surface area contributed by atoms with E-state index in [4.69, 9.17) is 9.47 Å². The van der Waals surface area contributed by atoms with Gasteiger partial charge in [0, 0.05) is 32.2 Å². The van der Waals surface area contributed by atoms with Crippen molar-refractivity contribution in [2.45, 2.75) is 11.8 Å². The number of benzene rings is 2. The quantitative estimate of drug-likeness (QED) is 0.521. The van der Waals surface area contributed by atoms with Crippen LogP contribution in [0.25, 0.3) is 11.0 Å². The standard InChI is InChI=1S/C22H24N4O5S/c1-3-31-22(27)20-21(24-19-10-5-4-9-18(19)23-20)25-11-13-26(14-12-25)32(28,29)17-8-6-7-16(15-17)30-2/h4-10,15H,3,11-14H2,1-2H3. The summed E-state index contributed by atoms with van der Waals surface area (Å²) in [6, 6.07) is 13.7. The summed E-state index contributed by atoms with van der Waals surface area (Å²) in [6.45, 7) is 3.17. The van der Waals surface area contributed by atoms with Gasteiger partial charge in [0.1, 0.15) is 5.75 Å². The molecule has 0 aliphatic carbocycles. The second-order valence-electron chi connectivity index (χ2n) is 7.18. The number of carbonyl (C=O) groups is 1. The van der Waals surface area contributed by atoms with Gasteiger partial charge in [-0.3, -0.25) is 0 Å².